The summed E-state index contributed by atoms with van der Waals surface area (Å²) in [6, 6.07) is 11.1. The monoisotopic (exact) mass is 510 g/mol. The molecule has 0 saturated heterocycles. The molecule has 0 spiro atoms. The van der Waals surface area contributed by atoms with Gasteiger partial charge in [-0.05, 0) is 67.8 Å². The van der Waals surface area contributed by atoms with Gasteiger partial charge in [0.15, 0.2) is 5.69 Å². The number of aromatic nitrogens is 8. The van der Waals surface area contributed by atoms with Crippen molar-refractivity contribution in [3.63, 3.8) is 0 Å². The number of nitrogens with zero attached hydrogens (tertiary/aromatic N) is 8. The maximum absolute atomic E-state index is 12.4. The zero-order chi connectivity index (χ0) is 25.8. The second-order valence-electron chi connectivity index (χ2n) is 8.25. The molecule has 0 unspecified atom stereocenters. The molecule has 37 heavy (non-hydrogen) atoms. The van der Waals surface area contributed by atoms with Crippen LogP contribution in [0, 0.1) is 6.92 Å². The van der Waals surface area contributed by atoms with E-state index in [-0.39, 0.29) is 17.5 Å². The summed E-state index contributed by atoms with van der Waals surface area (Å²) in [6.45, 7) is 3.23. The maximum Gasteiger partial charge on any atom is 0.573 e. The zero-order valence-electron chi connectivity index (χ0n) is 19.6. The summed E-state index contributed by atoms with van der Waals surface area (Å²) in [5, 5.41) is 16.3. The minimum atomic E-state index is -4.76. The molecule has 0 radical (unpaired) electrons. The molecule has 0 aliphatic heterocycles. The summed E-state index contributed by atoms with van der Waals surface area (Å²) in [6.07, 6.45) is 2.22. The van der Waals surface area contributed by atoms with Crippen molar-refractivity contribution in [3.05, 3.63) is 78.0 Å². The fourth-order valence-electron chi connectivity index (χ4n) is 3.74. The molecule has 0 N–H and O–H groups in total. The summed E-state index contributed by atoms with van der Waals surface area (Å²) >= 11 is 0. The van der Waals surface area contributed by atoms with Gasteiger partial charge in [-0.3, -0.25) is 14.3 Å². The first-order valence-electron chi connectivity index (χ1n) is 11.3. The summed E-state index contributed by atoms with van der Waals surface area (Å²) in [5.41, 5.74) is 3.91. The number of hydrogen-bond acceptors (Lipinski definition) is 8. The van der Waals surface area contributed by atoms with Crippen molar-refractivity contribution in [1.29, 1.82) is 0 Å². The van der Waals surface area contributed by atoms with Gasteiger partial charge in [0.05, 0.1) is 12.7 Å². The molecule has 0 saturated carbocycles. The minimum Gasteiger partial charge on any atom is -0.406 e. The Kier molecular flexibility index (Phi) is 6.66. The van der Waals surface area contributed by atoms with E-state index >= 15 is 0 Å². The molecule has 4 heterocycles. The molecule has 0 amide bonds. The first kappa shape index (κ1) is 24.2. The molecule has 0 fully saturated rings. The Morgan fingerprint density at radius 1 is 1.05 bits per heavy atom. The van der Waals surface area contributed by atoms with Crippen LogP contribution < -0.4 is 4.74 Å². The van der Waals surface area contributed by atoms with Crippen LogP contribution in [0.5, 0.6) is 5.75 Å². The molecular weight excluding hydrogens is 489 g/mol. The fraction of sp³-hybridized carbons (Fsp3) is 0.250. The lowest BCUT2D eigenvalue weighted by Gasteiger charge is -2.08. The van der Waals surface area contributed by atoms with Crippen LogP contribution in [-0.4, -0.2) is 46.3 Å². The number of benzene rings is 1. The van der Waals surface area contributed by atoms with Crippen molar-refractivity contribution < 1.29 is 22.4 Å². The normalized spacial score (nSPS) is 11.7. The van der Waals surface area contributed by atoms with Crippen molar-refractivity contribution in [2.45, 2.75) is 39.2 Å². The molecular formula is C24H21F3N8O2. The van der Waals surface area contributed by atoms with E-state index in [1.807, 2.05) is 29.9 Å². The lowest BCUT2D eigenvalue weighted by molar-refractivity contribution is -0.274. The average molecular weight is 510 g/mol. The van der Waals surface area contributed by atoms with E-state index in [9.17, 15) is 13.2 Å². The van der Waals surface area contributed by atoms with Crippen LogP contribution >= 0.6 is 0 Å². The van der Waals surface area contributed by atoms with Gasteiger partial charge in [-0.25, -0.2) is 0 Å². The Balaban J connectivity index is 1.24. The van der Waals surface area contributed by atoms with E-state index in [2.05, 4.69) is 41.3 Å². The Labute approximate surface area is 208 Å². The van der Waals surface area contributed by atoms with Crippen molar-refractivity contribution in [2.24, 2.45) is 0 Å². The van der Waals surface area contributed by atoms with Gasteiger partial charge >= 0.3 is 6.36 Å². The van der Waals surface area contributed by atoms with E-state index < -0.39 is 6.36 Å². The van der Waals surface area contributed by atoms with Crippen molar-refractivity contribution in [2.75, 3.05) is 0 Å². The molecule has 0 aliphatic carbocycles. The van der Waals surface area contributed by atoms with Crippen LogP contribution in [0.2, 0.25) is 0 Å². The topological polar surface area (TPSA) is 110 Å². The van der Waals surface area contributed by atoms with Crippen LogP contribution in [0.4, 0.5) is 13.2 Å². The number of pyridine rings is 1. The molecule has 190 valence electrons. The Morgan fingerprint density at radius 2 is 1.89 bits per heavy atom. The molecule has 0 atom stereocenters. The lowest BCUT2D eigenvalue weighted by atomic mass is 10.1. The lowest BCUT2D eigenvalue weighted by Crippen LogP contribution is -2.16. The molecule has 4 aromatic heterocycles. The van der Waals surface area contributed by atoms with Crippen molar-refractivity contribution in [3.8, 4) is 28.7 Å². The third kappa shape index (κ3) is 6.18. The van der Waals surface area contributed by atoms with Crippen LogP contribution in [0.15, 0.2) is 65.6 Å². The fourth-order valence-corrected chi connectivity index (χ4v) is 3.74. The zero-order valence-corrected chi connectivity index (χ0v) is 19.6. The third-order valence-electron chi connectivity index (χ3n) is 5.48. The average Bonchev–Trinajstić information content (AvgIpc) is 3.61. The van der Waals surface area contributed by atoms with Crippen LogP contribution in [0.25, 0.3) is 23.0 Å². The highest BCUT2D eigenvalue weighted by molar-refractivity contribution is 5.58. The van der Waals surface area contributed by atoms with Crippen molar-refractivity contribution >= 4 is 0 Å². The minimum absolute atomic E-state index is 0.205. The predicted molar refractivity (Wildman–Crippen MR) is 124 cm³/mol. The van der Waals surface area contributed by atoms with E-state index in [0.717, 1.165) is 36.3 Å². The quantitative estimate of drug-likeness (QED) is 0.286. The van der Waals surface area contributed by atoms with Gasteiger partial charge in [-0.2, -0.15) is 10.1 Å². The summed E-state index contributed by atoms with van der Waals surface area (Å²) in [4.78, 5) is 8.80. The highest BCUT2D eigenvalue weighted by Crippen LogP contribution is 2.27. The Hall–Kier alpha value is -4.55. The van der Waals surface area contributed by atoms with Gasteiger partial charge in [0.2, 0.25) is 5.82 Å². The van der Waals surface area contributed by atoms with Gasteiger partial charge in [-0.1, -0.05) is 10.4 Å². The molecule has 5 aromatic rings. The molecule has 1 aromatic carbocycles. The summed E-state index contributed by atoms with van der Waals surface area (Å²) in [5.74, 6) is 0.102. The van der Waals surface area contributed by atoms with Gasteiger partial charge in [0.25, 0.3) is 5.89 Å². The molecule has 10 nitrogen and oxygen atoms in total. The highest BCUT2D eigenvalue weighted by Gasteiger charge is 2.31. The van der Waals surface area contributed by atoms with Crippen LogP contribution in [-0.2, 0) is 19.5 Å². The van der Waals surface area contributed by atoms with Gasteiger partial charge in [0, 0.05) is 35.9 Å². The molecule has 0 bridgehead atoms. The van der Waals surface area contributed by atoms with Crippen LogP contribution in [0.1, 0.15) is 23.4 Å². The number of halogens is 3. The largest absolute Gasteiger partial charge is 0.573 e. The number of alkyl halides is 3. The number of aryl methyl sites for hydroxylation is 3. The second-order valence-corrected chi connectivity index (χ2v) is 8.25. The molecule has 13 heteroatoms. The van der Waals surface area contributed by atoms with Crippen molar-refractivity contribution in [1.82, 2.24) is 39.9 Å². The van der Waals surface area contributed by atoms with Gasteiger partial charge in [0.1, 0.15) is 5.75 Å². The van der Waals surface area contributed by atoms with E-state index in [4.69, 9.17) is 4.52 Å². The first-order chi connectivity index (χ1) is 17.8. The Bertz CT molecular complexity index is 1460. The molecule has 0 aliphatic rings. The number of rotatable bonds is 9. The standard InChI is InChI=1S/C24H21F3N8O2/c1-16-13-21(23-30-22(32-37-23)18-4-6-20(7-5-18)36-24(25,26)27)31-35(16)15-17-8-9-28-19(14-17)3-2-11-34-12-10-29-33-34/h4-10,12-14H,2-3,11,15H2,1H3. The van der Waals surface area contributed by atoms with E-state index in [1.165, 1.54) is 24.3 Å². The smallest absolute Gasteiger partial charge is 0.406 e. The van der Waals surface area contributed by atoms with Crippen LogP contribution in [0.3, 0.4) is 0 Å². The van der Waals surface area contributed by atoms with Gasteiger partial charge in [-0.15, -0.1) is 18.3 Å². The maximum atomic E-state index is 12.4. The van der Waals surface area contributed by atoms with E-state index in [1.54, 1.807) is 17.1 Å². The highest BCUT2D eigenvalue weighted by atomic mass is 19.4. The third-order valence-corrected chi connectivity index (χ3v) is 5.48. The molecule has 5 rings (SSSR count). The predicted octanol–water partition coefficient (Wildman–Crippen LogP) is 4.47. The number of hydrogen-bond donors (Lipinski definition) is 0. The first-order valence-corrected chi connectivity index (χ1v) is 11.3. The summed E-state index contributed by atoms with van der Waals surface area (Å²) < 4.78 is 50.0. The Morgan fingerprint density at radius 3 is 2.65 bits per heavy atom. The SMILES string of the molecule is Cc1cc(-c2nc(-c3ccc(OC(F)(F)F)cc3)no2)nn1Cc1ccnc(CCCn2ccnn2)c1. The summed E-state index contributed by atoms with van der Waals surface area (Å²) in [7, 11) is 0. The van der Waals surface area contributed by atoms with E-state index in [0.29, 0.717) is 17.8 Å². The number of ether oxygens (including phenoxy) is 1. The van der Waals surface area contributed by atoms with Gasteiger partial charge < -0.3 is 9.26 Å². The second kappa shape index (κ2) is 10.2.